The number of ether oxygens (including phenoxy) is 3. The van der Waals surface area contributed by atoms with Gasteiger partial charge in [0.05, 0.1) is 52.2 Å². The van der Waals surface area contributed by atoms with Crippen LogP contribution in [0.4, 0.5) is 4.79 Å². The Kier molecular flexibility index (Phi) is 7.48. The predicted molar refractivity (Wildman–Crippen MR) is 100 cm³/mol. The molecule has 1 aliphatic heterocycles. The SMILES string of the molecule is CCOC(=O)C1=C(C[NH+](C)CCc2ccc(OC)c(OC)c2)NC(=O)NC1. The van der Waals surface area contributed by atoms with Crippen LogP contribution in [-0.2, 0) is 16.0 Å². The number of quaternary nitrogens is 1. The van der Waals surface area contributed by atoms with Gasteiger partial charge in [-0.1, -0.05) is 6.07 Å². The lowest BCUT2D eigenvalue weighted by atomic mass is 10.1. The fourth-order valence-electron chi connectivity index (χ4n) is 2.88. The van der Waals surface area contributed by atoms with Gasteiger partial charge in [-0.15, -0.1) is 0 Å². The first-order valence-electron chi connectivity index (χ1n) is 8.94. The number of hydrogen-bond donors (Lipinski definition) is 3. The number of amides is 2. The van der Waals surface area contributed by atoms with Crippen molar-refractivity contribution in [2.24, 2.45) is 0 Å². The minimum Gasteiger partial charge on any atom is -0.493 e. The number of benzene rings is 1. The molecule has 3 N–H and O–H groups in total. The van der Waals surface area contributed by atoms with Gasteiger partial charge in [-0.25, -0.2) is 9.59 Å². The Labute approximate surface area is 159 Å². The van der Waals surface area contributed by atoms with Crippen molar-refractivity contribution in [2.75, 3.05) is 47.5 Å². The Balaban J connectivity index is 2.01. The van der Waals surface area contributed by atoms with E-state index in [2.05, 4.69) is 10.6 Å². The number of carbonyl (C=O) groups is 2. The highest BCUT2D eigenvalue weighted by atomic mass is 16.5. The van der Waals surface area contributed by atoms with Gasteiger partial charge in [-0.3, -0.25) is 0 Å². The Morgan fingerprint density at radius 1 is 1.22 bits per heavy atom. The molecule has 2 amide bonds. The molecule has 1 atom stereocenters. The standard InChI is InChI=1S/C19H27N3O5/c1-5-27-18(23)14-11-20-19(24)21-15(14)12-22(2)9-8-13-6-7-16(25-3)17(10-13)26-4/h6-7,10H,5,8-9,11-12H2,1-4H3,(H2,20,21,24)/p+1. The molecule has 0 aliphatic carbocycles. The lowest BCUT2D eigenvalue weighted by Crippen LogP contribution is -3.09. The highest BCUT2D eigenvalue weighted by molar-refractivity contribution is 5.93. The maximum absolute atomic E-state index is 12.1. The number of likely N-dealkylation sites (N-methyl/N-ethyl adjacent to an activating group) is 1. The molecule has 1 aliphatic rings. The number of esters is 1. The zero-order valence-electron chi connectivity index (χ0n) is 16.3. The van der Waals surface area contributed by atoms with Gasteiger partial charge in [0.2, 0.25) is 0 Å². The summed E-state index contributed by atoms with van der Waals surface area (Å²) in [5, 5.41) is 5.35. The summed E-state index contributed by atoms with van der Waals surface area (Å²) in [7, 11) is 5.24. The number of hydrogen-bond acceptors (Lipinski definition) is 5. The van der Waals surface area contributed by atoms with E-state index < -0.39 is 5.97 Å². The van der Waals surface area contributed by atoms with Crippen LogP contribution in [-0.4, -0.2) is 59.5 Å². The van der Waals surface area contributed by atoms with Crippen LogP contribution in [0.3, 0.4) is 0 Å². The highest BCUT2D eigenvalue weighted by Gasteiger charge is 2.25. The molecular weight excluding hydrogens is 350 g/mol. The van der Waals surface area contributed by atoms with Crippen molar-refractivity contribution in [1.82, 2.24) is 10.6 Å². The van der Waals surface area contributed by atoms with E-state index in [1.165, 1.54) is 0 Å². The summed E-state index contributed by atoms with van der Waals surface area (Å²) < 4.78 is 15.7. The number of rotatable bonds is 9. The maximum atomic E-state index is 12.1. The summed E-state index contributed by atoms with van der Waals surface area (Å²) in [4.78, 5) is 24.9. The minimum atomic E-state index is -0.396. The van der Waals surface area contributed by atoms with Gasteiger partial charge in [-0.2, -0.15) is 0 Å². The summed E-state index contributed by atoms with van der Waals surface area (Å²) in [6, 6.07) is 5.55. The van der Waals surface area contributed by atoms with E-state index in [0.29, 0.717) is 35.9 Å². The molecule has 0 saturated heterocycles. The third kappa shape index (κ3) is 5.62. The van der Waals surface area contributed by atoms with E-state index in [4.69, 9.17) is 14.2 Å². The van der Waals surface area contributed by atoms with Gasteiger partial charge in [0, 0.05) is 6.42 Å². The summed E-state index contributed by atoms with van der Waals surface area (Å²) in [6.07, 6.45) is 0.820. The molecule has 1 aromatic carbocycles. The van der Waals surface area contributed by atoms with Crippen LogP contribution < -0.4 is 25.0 Å². The monoisotopic (exact) mass is 378 g/mol. The molecule has 0 spiro atoms. The maximum Gasteiger partial charge on any atom is 0.337 e. The molecule has 0 bridgehead atoms. The first-order valence-corrected chi connectivity index (χ1v) is 8.94. The van der Waals surface area contributed by atoms with Gasteiger partial charge >= 0.3 is 12.0 Å². The Morgan fingerprint density at radius 3 is 2.63 bits per heavy atom. The van der Waals surface area contributed by atoms with Crippen molar-refractivity contribution < 1.29 is 28.7 Å². The zero-order valence-corrected chi connectivity index (χ0v) is 16.3. The quantitative estimate of drug-likeness (QED) is 0.522. The lowest BCUT2D eigenvalue weighted by molar-refractivity contribution is -0.874. The fraction of sp³-hybridized carbons (Fsp3) is 0.474. The van der Waals surface area contributed by atoms with E-state index in [1.807, 2.05) is 25.2 Å². The second-order valence-electron chi connectivity index (χ2n) is 6.31. The second kappa shape index (κ2) is 9.82. The van der Waals surface area contributed by atoms with E-state index in [9.17, 15) is 9.59 Å². The average Bonchev–Trinajstić information content (AvgIpc) is 2.66. The Bertz CT molecular complexity index is 717. The van der Waals surface area contributed by atoms with Gasteiger partial charge in [-0.05, 0) is 24.6 Å². The summed E-state index contributed by atoms with van der Waals surface area (Å²) in [5.74, 6) is 1.00. The predicted octanol–water partition coefficient (Wildman–Crippen LogP) is -0.109. The summed E-state index contributed by atoms with van der Waals surface area (Å²) in [6.45, 7) is 3.58. The molecule has 0 fully saturated rings. The van der Waals surface area contributed by atoms with Crippen LogP contribution in [0.1, 0.15) is 12.5 Å². The van der Waals surface area contributed by atoms with Crippen LogP contribution in [0.15, 0.2) is 29.5 Å². The van der Waals surface area contributed by atoms with Crippen LogP contribution in [0.2, 0.25) is 0 Å². The Hall–Kier alpha value is -2.74. The molecule has 8 heteroatoms. The molecule has 148 valence electrons. The molecule has 1 unspecified atom stereocenters. The first kappa shape index (κ1) is 20.6. The lowest BCUT2D eigenvalue weighted by Gasteiger charge is -2.23. The van der Waals surface area contributed by atoms with Crippen molar-refractivity contribution >= 4 is 12.0 Å². The summed E-state index contributed by atoms with van der Waals surface area (Å²) >= 11 is 0. The fourth-order valence-corrected chi connectivity index (χ4v) is 2.88. The van der Waals surface area contributed by atoms with Crippen LogP contribution >= 0.6 is 0 Å². The number of methoxy groups -OCH3 is 2. The largest absolute Gasteiger partial charge is 0.493 e. The van der Waals surface area contributed by atoms with Crippen LogP contribution in [0, 0.1) is 0 Å². The molecule has 27 heavy (non-hydrogen) atoms. The third-order valence-corrected chi connectivity index (χ3v) is 4.34. The molecule has 0 radical (unpaired) electrons. The zero-order chi connectivity index (χ0) is 19.8. The molecule has 8 nitrogen and oxygen atoms in total. The number of urea groups is 1. The highest BCUT2D eigenvalue weighted by Crippen LogP contribution is 2.27. The smallest absolute Gasteiger partial charge is 0.337 e. The van der Waals surface area contributed by atoms with Crippen LogP contribution in [0.25, 0.3) is 0 Å². The van der Waals surface area contributed by atoms with E-state index in [-0.39, 0.29) is 12.6 Å². The van der Waals surface area contributed by atoms with E-state index in [1.54, 1.807) is 21.1 Å². The first-order chi connectivity index (χ1) is 13.0. The van der Waals surface area contributed by atoms with Gasteiger partial charge < -0.3 is 29.7 Å². The Morgan fingerprint density at radius 2 is 1.96 bits per heavy atom. The normalized spacial score (nSPS) is 14.9. The summed E-state index contributed by atoms with van der Waals surface area (Å²) in [5.41, 5.74) is 2.21. The van der Waals surface area contributed by atoms with E-state index in [0.717, 1.165) is 23.4 Å². The van der Waals surface area contributed by atoms with Crippen LogP contribution in [0.5, 0.6) is 11.5 Å². The van der Waals surface area contributed by atoms with Crippen molar-refractivity contribution in [3.05, 3.63) is 35.0 Å². The van der Waals surface area contributed by atoms with Crippen molar-refractivity contribution in [3.63, 3.8) is 0 Å². The topological polar surface area (TPSA) is 90.3 Å². The molecule has 2 rings (SSSR count). The van der Waals surface area contributed by atoms with Crippen molar-refractivity contribution in [2.45, 2.75) is 13.3 Å². The minimum absolute atomic E-state index is 0.183. The van der Waals surface area contributed by atoms with E-state index >= 15 is 0 Å². The molecule has 1 heterocycles. The second-order valence-corrected chi connectivity index (χ2v) is 6.31. The van der Waals surface area contributed by atoms with Gasteiger partial charge in [0.1, 0.15) is 6.54 Å². The van der Waals surface area contributed by atoms with Gasteiger partial charge in [0.15, 0.2) is 11.5 Å². The number of carbonyl (C=O) groups excluding carboxylic acids is 2. The molecule has 0 saturated carbocycles. The molecular formula is C19H28N3O5+. The average molecular weight is 378 g/mol. The molecule has 0 aromatic heterocycles. The number of nitrogens with one attached hydrogen (secondary N) is 3. The van der Waals surface area contributed by atoms with Gasteiger partial charge in [0.25, 0.3) is 0 Å². The third-order valence-electron chi connectivity index (χ3n) is 4.34. The molecule has 1 aromatic rings. The van der Waals surface area contributed by atoms with Crippen molar-refractivity contribution in [1.29, 1.82) is 0 Å². The van der Waals surface area contributed by atoms with Crippen molar-refractivity contribution in [3.8, 4) is 11.5 Å².